The van der Waals surface area contributed by atoms with Gasteiger partial charge in [0.2, 0.25) is 5.91 Å². The van der Waals surface area contributed by atoms with Crippen molar-refractivity contribution >= 4 is 45.2 Å². The van der Waals surface area contributed by atoms with Crippen molar-refractivity contribution in [3.8, 4) is 17.6 Å². The molecule has 1 atom stereocenters. The summed E-state index contributed by atoms with van der Waals surface area (Å²) in [6, 6.07) is 11.3. The average Bonchev–Trinajstić information content (AvgIpc) is 3.25. The number of benzene rings is 2. The van der Waals surface area contributed by atoms with Crippen molar-refractivity contribution in [3.05, 3.63) is 52.0 Å². The molecule has 2 amide bonds. The number of halogens is 1. The number of amides is 2. The van der Waals surface area contributed by atoms with Gasteiger partial charge in [0, 0.05) is 17.0 Å². The number of carbonyl (C=O) groups is 2. The highest BCUT2D eigenvalue weighted by Gasteiger charge is 2.35. The fourth-order valence-electron chi connectivity index (χ4n) is 3.01. The molecule has 1 N–H and O–H groups in total. The van der Waals surface area contributed by atoms with Crippen molar-refractivity contribution in [2.45, 2.75) is 13.0 Å². The van der Waals surface area contributed by atoms with Crippen molar-refractivity contribution in [3.63, 3.8) is 0 Å². The first kappa shape index (κ1) is 22.0. The van der Waals surface area contributed by atoms with Crippen molar-refractivity contribution in [1.82, 2.24) is 4.90 Å². The van der Waals surface area contributed by atoms with Crippen molar-refractivity contribution in [2.24, 2.45) is 0 Å². The fraction of sp³-hybridized carbons (Fsp3) is 0.286. The van der Waals surface area contributed by atoms with E-state index in [0.29, 0.717) is 51.0 Å². The molecule has 9 heteroatoms. The molecule has 0 aliphatic carbocycles. The van der Waals surface area contributed by atoms with E-state index in [1.807, 2.05) is 13.0 Å². The molecule has 1 unspecified atom stereocenters. The van der Waals surface area contributed by atoms with E-state index in [1.54, 1.807) is 41.3 Å². The van der Waals surface area contributed by atoms with Crippen LogP contribution in [0.4, 0.5) is 5.69 Å². The van der Waals surface area contributed by atoms with Crippen LogP contribution in [0.2, 0.25) is 0 Å². The molecule has 3 rings (SSSR count). The molecule has 2 aromatic carbocycles. The third-order valence-electron chi connectivity index (χ3n) is 4.49. The second-order valence-electron chi connectivity index (χ2n) is 6.39. The summed E-state index contributed by atoms with van der Waals surface area (Å²) in [6.07, 6.45) is 0. The Morgan fingerprint density at radius 2 is 2.07 bits per heavy atom. The number of nitrogens with one attached hydrogen (secondary N) is 1. The molecule has 1 fully saturated rings. The van der Waals surface area contributed by atoms with Crippen LogP contribution in [0.5, 0.6) is 11.5 Å². The zero-order valence-electron chi connectivity index (χ0n) is 16.5. The maximum absolute atomic E-state index is 13.2. The molecule has 0 bridgehead atoms. The molecule has 156 valence electrons. The number of thioether (sulfide) groups is 1. The predicted molar refractivity (Wildman–Crippen MR) is 119 cm³/mol. The lowest BCUT2D eigenvalue weighted by Gasteiger charge is -2.24. The molecule has 0 radical (unpaired) electrons. The van der Waals surface area contributed by atoms with Crippen LogP contribution in [0.25, 0.3) is 0 Å². The number of nitrogens with zero attached hydrogens (tertiary/aromatic N) is 2. The summed E-state index contributed by atoms with van der Waals surface area (Å²) in [5.41, 5.74) is 1.49. The Kier molecular flexibility index (Phi) is 7.24. The van der Waals surface area contributed by atoms with Gasteiger partial charge in [0.05, 0.1) is 35.7 Å². The van der Waals surface area contributed by atoms with Crippen LogP contribution in [-0.4, -0.2) is 48.1 Å². The van der Waals surface area contributed by atoms with Crippen LogP contribution in [0, 0.1) is 11.3 Å². The SMILES string of the molecule is CCOc1c(Br)cc(C(=O)N2CSCC2C(=O)Nc2ccc(C#N)cc2)cc1OC. The van der Waals surface area contributed by atoms with Gasteiger partial charge < -0.3 is 19.7 Å². The summed E-state index contributed by atoms with van der Waals surface area (Å²) >= 11 is 4.95. The summed E-state index contributed by atoms with van der Waals surface area (Å²) in [4.78, 5) is 27.5. The van der Waals surface area contributed by atoms with Gasteiger partial charge in [-0.15, -0.1) is 11.8 Å². The van der Waals surface area contributed by atoms with E-state index < -0.39 is 6.04 Å². The molecule has 2 aromatic rings. The summed E-state index contributed by atoms with van der Waals surface area (Å²) < 4.78 is 11.6. The second-order valence-corrected chi connectivity index (χ2v) is 8.25. The minimum absolute atomic E-state index is 0.262. The first-order chi connectivity index (χ1) is 14.5. The lowest BCUT2D eigenvalue weighted by molar-refractivity contribution is -0.119. The van der Waals surface area contributed by atoms with Crippen LogP contribution < -0.4 is 14.8 Å². The van der Waals surface area contributed by atoms with E-state index in [2.05, 4.69) is 21.2 Å². The zero-order valence-corrected chi connectivity index (χ0v) is 18.9. The van der Waals surface area contributed by atoms with Gasteiger partial charge in [-0.2, -0.15) is 5.26 Å². The smallest absolute Gasteiger partial charge is 0.255 e. The lowest BCUT2D eigenvalue weighted by Crippen LogP contribution is -2.44. The fourth-order valence-corrected chi connectivity index (χ4v) is 4.72. The summed E-state index contributed by atoms with van der Waals surface area (Å²) in [5, 5.41) is 11.7. The number of carbonyl (C=O) groups excluding carboxylic acids is 2. The van der Waals surface area contributed by atoms with Crippen molar-refractivity contribution < 1.29 is 19.1 Å². The number of rotatable bonds is 6. The van der Waals surface area contributed by atoms with Gasteiger partial charge in [-0.05, 0) is 59.3 Å². The van der Waals surface area contributed by atoms with E-state index >= 15 is 0 Å². The summed E-state index contributed by atoms with van der Waals surface area (Å²) in [6.45, 7) is 2.33. The maximum Gasteiger partial charge on any atom is 0.255 e. The van der Waals surface area contributed by atoms with Crippen LogP contribution in [-0.2, 0) is 4.79 Å². The lowest BCUT2D eigenvalue weighted by atomic mass is 10.1. The zero-order chi connectivity index (χ0) is 21.7. The Bertz CT molecular complexity index is 991. The van der Waals surface area contributed by atoms with Crippen LogP contribution in [0.3, 0.4) is 0 Å². The van der Waals surface area contributed by atoms with E-state index in [4.69, 9.17) is 14.7 Å². The minimum atomic E-state index is -0.602. The first-order valence-electron chi connectivity index (χ1n) is 9.18. The molecule has 7 nitrogen and oxygen atoms in total. The normalized spacial score (nSPS) is 15.4. The third kappa shape index (κ3) is 4.71. The topological polar surface area (TPSA) is 91.7 Å². The number of hydrogen-bond acceptors (Lipinski definition) is 6. The standard InChI is InChI=1S/C21H20BrN3O4S/c1-3-29-19-16(22)8-14(9-18(19)28-2)21(27)25-12-30-11-17(25)20(26)24-15-6-4-13(10-23)5-7-15/h4-9,17H,3,11-12H2,1-2H3,(H,24,26). The quantitative estimate of drug-likeness (QED) is 0.661. The largest absolute Gasteiger partial charge is 0.493 e. The maximum atomic E-state index is 13.2. The van der Waals surface area contributed by atoms with Gasteiger partial charge >= 0.3 is 0 Å². The van der Waals surface area contributed by atoms with Gasteiger partial charge in [0.1, 0.15) is 6.04 Å². The summed E-state index contributed by atoms with van der Waals surface area (Å²) in [7, 11) is 1.51. The van der Waals surface area contributed by atoms with Crippen molar-refractivity contribution in [2.75, 3.05) is 30.7 Å². The van der Waals surface area contributed by atoms with Gasteiger partial charge in [-0.25, -0.2) is 0 Å². The molecule has 1 saturated heterocycles. The first-order valence-corrected chi connectivity index (χ1v) is 11.1. The van der Waals surface area contributed by atoms with Gasteiger partial charge in [0.25, 0.3) is 5.91 Å². The molecule has 0 spiro atoms. The van der Waals surface area contributed by atoms with E-state index in [9.17, 15) is 9.59 Å². The van der Waals surface area contributed by atoms with E-state index in [1.165, 1.54) is 18.9 Å². The van der Waals surface area contributed by atoms with Gasteiger partial charge in [0.15, 0.2) is 11.5 Å². The Morgan fingerprint density at radius 3 is 2.70 bits per heavy atom. The Balaban J connectivity index is 1.79. The average molecular weight is 490 g/mol. The molecule has 1 aliphatic heterocycles. The molecule has 0 aromatic heterocycles. The van der Waals surface area contributed by atoms with E-state index in [-0.39, 0.29) is 11.8 Å². The van der Waals surface area contributed by atoms with Gasteiger partial charge in [-0.1, -0.05) is 0 Å². The highest BCUT2D eigenvalue weighted by atomic mass is 79.9. The molecular formula is C21H20BrN3O4S. The minimum Gasteiger partial charge on any atom is -0.493 e. The van der Waals surface area contributed by atoms with E-state index in [0.717, 1.165) is 0 Å². The monoisotopic (exact) mass is 489 g/mol. The number of hydrogen-bond donors (Lipinski definition) is 1. The number of nitriles is 1. The second kappa shape index (κ2) is 9.87. The highest BCUT2D eigenvalue weighted by molar-refractivity contribution is 9.10. The molecule has 1 aliphatic rings. The highest BCUT2D eigenvalue weighted by Crippen LogP contribution is 2.37. The van der Waals surface area contributed by atoms with Crippen LogP contribution >= 0.6 is 27.7 Å². The number of ether oxygens (including phenoxy) is 2. The third-order valence-corrected chi connectivity index (χ3v) is 6.09. The molecular weight excluding hydrogens is 470 g/mol. The van der Waals surface area contributed by atoms with Crippen molar-refractivity contribution in [1.29, 1.82) is 5.26 Å². The Hall–Kier alpha value is -2.70. The Morgan fingerprint density at radius 1 is 1.33 bits per heavy atom. The Labute approximate surface area is 187 Å². The summed E-state index contributed by atoms with van der Waals surface area (Å²) in [5.74, 6) is 1.36. The van der Waals surface area contributed by atoms with Crippen LogP contribution in [0.1, 0.15) is 22.8 Å². The number of anilines is 1. The molecule has 30 heavy (non-hydrogen) atoms. The molecule has 1 heterocycles. The van der Waals surface area contributed by atoms with Gasteiger partial charge in [-0.3, -0.25) is 9.59 Å². The molecule has 0 saturated carbocycles. The predicted octanol–water partition coefficient (Wildman–Crippen LogP) is 3.88. The van der Waals surface area contributed by atoms with Crippen LogP contribution in [0.15, 0.2) is 40.9 Å². The number of methoxy groups -OCH3 is 1.